The second-order valence-electron chi connectivity index (χ2n) is 4.63. The zero-order valence-corrected chi connectivity index (χ0v) is 10.8. The molecule has 3 aromatic heterocycles. The highest BCUT2D eigenvalue weighted by atomic mass is 16.1. The molecule has 0 aliphatic heterocycles. The minimum absolute atomic E-state index is 0.134. The van der Waals surface area contributed by atoms with Crippen LogP contribution >= 0.6 is 0 Å². The van der Waals surface area contributed by atoms with Gasteiger partial charge in [-0.25, -0.2) is 9.97 Å². The number of H-pyrrole nitrogens is 2. The Labute approximate surface area is 118 Å². The maximum Gasteiger partial charge on any atom is 0.284 e. The number of hydrogen-bond acceptors (Lipinski definition) is 4. The topological polar surface area (TPSA) is 113 Å². The van der Waals surface area contributed by atoms with Crippen molar-refractivity contribution in [1.82, 2.24) is 24.9 Å². The number of aromatic amines is 2. The van der Waals surface area contributed by atoms with E-state index in [2.05, 4.69) is 24.9 Å². The normalized spacial score (nSPS) is 11.2. The second-order valence-corrected chi connectivity index (χ2v) is 4.63. The number of fused-ring (bicyclic) bond motifs is 2. The van der Waals surface area contributed by atoms with Crippen molar-refractivity contribution in [2.45, 2.75) is 0 Å². The molecule has 0 aliphatic carbocycles. The number of nitrogens with zero attached hydrogens (tertiary/aromatic N) is 3. The Morgan fingerprint density at radius 3 is 2.81 bits per heavy atom. The summed E-state index contributed by atoms with van der Waals surface area (Å²) in [5.74, 6) is 0.215. The van der Waals surface area contributed by atoms with Crippen LogP contribution in [-0.2, 0) is 0 Å². The van der Waals surface area contributed by atoms with Gasteiger partial charge in [0.15, 0.2) is 5.82 Å². The number of nitrogens with two attached hydrogens (primary N) is 1. The van der Waals surface area contributed by atoms with Crippen molar-refractivity contribution in [1.29, 1.82) is 0 Å². The number of benzene rings is 1. The molecule has 7 heteroatoms. The van der Waals surface area contributed by atoms with E-state index < -0.39 is 5.91 Å². The number of carbonyl (C=O) groups excluding carboxylic acids is 1. The number of rotatable bonds is 2. The van der Waals surface area contributed by atoms with Gasteiger partial charge in [0.05, 0.1) is 22.7 Å². The van der Waals surface area contributed by atoms with Crippen LogP contribution in [0.1, 0.15) is 10.6 Å². The first-order valence-electron chi connectivity index (χ1n) is 6.31. The maximum absolute atomic E-state index is 11.3. The Hall–Kier alpha value is -3.22. The molecule has 4 N–H and O–H groups in total. The fraction of sp³-hybridized carbons (Fsp3) is 0. The number of nitrogens with one attached hydrogen (secondary N) is 2. The predicted molar refractivity (Wildman–Crippen MR) is 77.5 cm³/mol. The molecule has 0 spiro atoms. The number of pyridine rings is 1. The molecule has 4 aromatic rings. The predicted octanol–water partition coefficient (Wildman–Crippen LogP) is 1.60. The van der Waals surface area contributed by atoms with Gasteiger partial charge in [-0.2, -0.15) is 0 Å². The summed E-state index contributed by atoms with van der Waals surface area (Å²) in [4.78, 5) is 30.2. The Morgan fingerprint density at radius 2 is 2.00 bits per heavy atom. The summed E-state index contributed by atoms with van der Waals surface area (Å²) < 4.78 is 0. The Morgan fingerprint density at radius 1 is 1.10 bits per heavy atom. The van der Waals surface area contributed by atoms with Gasteiger partial charge in [-0.15, -0.1) is 0 Å². The van der Waals surface area contributed by atoms with Gasteiger partial charge in [0.25, 0.3) is 5.91 Å². The molecule has 102 valence electrons. The average Bonchev–Trinajstić information content (AvgIpc) is 3.10. The summed E-state index contributed by atoms with van der Waals surface area (Å²) in [7, 11) is 0. The summed E-state index contributed by atoms with van der Waals surface area (Å²) in [5.41, 5.74) is 9.11. The van der Waals surface area contributed by atoms with Crippen molar-refractivity contribution in [3.05, 3.63) is 42.5 Å². The Kier molecular flexibility index (Phi) is 2.28. The van der Waals surface area contributed by atoms with Crippen LogP contribution in [0.2, 0.25) is 0 Å². The molecule has 3 heterocycles. The van der Waals surface area contributed by atoms with Crippen molar-refractivity contribution < 1.29 is 4.79 Å². The summed E-state index contributed by atoms with van der Waals surface area (Å²) >= 11 is 0. The molecule has 0 saturated heterocycles. The van der Waals surface area contributed by atoms with E-state index in [9.17, 15) is 4.79 Å². The number of hydrogen-bond donors (Lipinski definition) is 3. The van der Waals surface area contributed by atoms with E-state index in [1.807, 2.05) is 24.3 Å². The fourth-order valence-corrected chi connectivity index (χ4v) is 2.32. The van der Waals surface area contributed by atoms with Crippen molar-refractivity contribution in [3.63, 3.8) is 0 Å². The number of amides is 1. The molecule has 0 atom stereocenters. The smallest absolute Gasteiger partial charge is 0.284 e. The minimum atomic E-state index is -0.592. The van der Waals surface area contributed by atoms with Crippen LogP contribution in [0, 0.1) is 0 Å². The second kappa shape index (κ2) is 4.14. The fourth-order valence-electron chi connectivity index (χ4n) is 2.32. The molecule has 0 bridgehead atoms. The number of aromatic nitrogens is 5. The SMILES string of the molecule is NC(=O)c1nc2c(-c3nc4ccncc4[nH]3)cccc2[nH]1. The van der Waals surface area contributed by atoms with Gasteiger partial charge in [-0.05, 0) is 18.2 Å². The zero-order valence-electron chi connectivity index (χ0n) is 10.8. The van der Waals surface area contributed by atoms with Gasteiger partial charge in [0.2, 0.25) is 0 Å². The first kappa shape index (κ1) is 11.6. The van der Waals surface area contributed by atoms with Crippen LogP contribution in [-0.4, -0.2) is 30.8 Å². The van der Waals surface area contributed by atoms with Crippen molar-refractivity contribution >= 4 is 28.0 Å². The summed E-state index contributed by atoms with van der Waals surface area (Å²) in [5, 5.41) is 0. The molecule has 0 aliphatic rings. The van der Waals surface area contributed by atoms with E-state index >= 15 is 0 Å². The van der Waals surface area contributed by atoms with Crippen LogP contribution in [0.5, 0.6) is 0 Å². The van der Waals surface area contributed by atoms with Gasteiger partial charge < -0.3 is 15.7 Å². The minimum Gasteiger partial charge on any atom is -0.363 e. The lowest BCUT2D eigenvalue weighted by Crippen LogP contribution is -2.12. The Balaban J connectivity index is 1.98. The van der Waals surface area contributed by atoms with Crippen LogP contribution in [0.4, 0.5) is 0 Å². The van der Waals surface area contributed by atoms with E-state index in [1.165, 1.54) is 0 Å². The standard InChI is InChI=1S/C14H10N6O/c15-12(21)14-18-9-3-1-2-7(11(9)20-14)13-17-8-4-5-16-6-10(8)19-13/h1-6H,(H2,15,21)(H,17,19)(H,18,20). The first-order chi connectivity index (χ1) is 10.2. The third kappa shape index (κ3) is 1.75. The van der Waals surface area contributed by atoms with Crippen molar-refractivity contribution in [2.24, 2.45) is 5.73 Å². The van der Waals surface area contributed by atoms with E-state index in [4.69, 9.17) is 5.73 Å². The molecule has 7 nitrogen and oxygen atoms in total. The van der Waals surface area contributed by atoms with Crippen LogP contribution in [0.15, 0.2) is 36.7 Å². The van der Waals surface area contributed by atoms with Gasteiger partial charge in [0, 0.05) is 11.8 Å². The molecule has 1 aromatic carbocycles. The van der Waals surface area contributed by atoms with E-state index in [0.717, 1.165) is 22.1 Å². The maximum atomic E-state index is 11.3. The molecular weight excluding hydrogens is 268 g/mol. The lowest BCUT2D eigenvalue weighted by atomic mass is 10.2. The van der Waals surface area contributed by atoms with Gasteiger partial charge >= 0.3 is 0 Å². The monoisotopic (exact) mass is 278 g/mol. The highest BCUT2D eigenvalue weighted by Gasteiger charge is 2.14. The van der Waals surface area contributed by atoms with Crippen LogP contribution in [0.25, 0.3) is 33.5 Å². The van der Waals surface area contributed by atoms with E-state index in [-0.39, 0.29) is 5.82 Å². The molecule has 0 radical (unpaired) electrons. The van der Waals surface area contributed by atoms with Gasteiger partial charge in [-0.3, -0.25) is 9.78 Å². The zero-order chi connectivity index (χ0) is 14.4. The van der Waals surface area contributed by atoms with Crippen molar-refractivity contribution in [3.8, 4) is 11.4 Å². The molecular formula is C14H10N6O. The lowest BCUT2D eigenvalue weighted by Gasteiger charge is -1.97. The molecule has 0 unspecified atom stereocenters. The number of carbonyl (C=O) groups is 1. The highest BCUT2D eigenvalue weighted by Crippen LogP contribution is 2.26. The summed E-state index contributed by atoms with van der Waals surface area (Å²) in [6.07, 6.45) is 3.40. The molecule has 21 heavy (non-hydrogen) atoms. The van der Waals surface area contributed by atoms with E-state index in [1.54, 1.807) is 12.4 Å². The molecule has 0 saturated carbocycles. The van der Waals surface area contributed by atoms with Gasteiger partial charge in [-0.1, -0.05) is 6.07 Å². The molecule has 1 amide bonds. The van der Waals surface area contributed by atoms with Crippen molar-refractivity contribution in [2.75, 3.05) is 0 Å². The number of primary amides is 1. The average molecular weight is 278 g/mol. The third-order valence-electron chi connectivity index (χ3n) is 3.28. The molecule has 4 rings (SSSR count). The first-order valence-corrected chi connectivity index (χ1v) is 6.31. The quantitative estimate of drug-likeness (QED) is 0.516. The number of para-hydroxylation sites is 1. The number of imidazole rings is 2. The lowest BCUT2D eigenvalue weighted by molar-refractivity contribution is 0.0991. The van der Waals surface area contributed by atoms with E-state index in [0.29, 0.717) is 11.3 Å². The largest absolute Gasteiger partial charge is 0.363 e. The third-order valence-corrected chi connectivity index (χ3v) is 3.28. The van der Waals surface area contributed by atoms with Gasteiger partial charge in [0.1, 0.15) is 11.3 Å². The van der Waals surface area contributed by atoms with Crippen LogP contribution < -0.4 is 5.73 Å². The van der Waals surface area contributed by atoms with Crippen LogP contribution in [0.3, 0.4) is 0 Å². The Bertz CT molecular complexity index is 950. The highest BCUT2D eigenvalue weighted by molar-refractivity contribution is 5.97. The molecule has 0 fully saturated rings. The summed E-state index contributed by atoms with van der Waals surface area (Å²) in [6.45, 7) is 0. The summed E-state index contributed by atoms with van der Waals surface area (Å²) in [6, 6.07) is 7.42.